The molecule has 0 saturated heterocycles. The molecule has 0 aliphatic carbocycles. The Bertz CT molecular complexity index is 382. The Morgan fingerprint density at radius 2 is 2.06 bits per heavy atom. The van der Waals surface area contributed by atoms with E-state index in [-0.39, 0.29) is 0 Å². The van der Waals surface area contributed by atoms with Gasteiger partial charge in [-0.15, -0.1) is 0 Å². The number of imidazole rings is 1. The van der Waals surface area contributed by atoms with Crippen LogP contribution in [-0.2, 0) is 13.1 Å². The van der Waals surface area contributed by atoms with Gasteiger partial charge in [-0.05, 0) is 17.9 Å². The molecule has 2 aromatic heterocycles. The average molecular weight is 246 g/mol. The number of hydrogen-bond acceptors (Lipinski definition) is 2. The van der Waals surface area contributed by atoms with Crippen LogP contribution < -0.4 is 0 Å². The maximum atomic E-state index is 4.32. The molecular formula is C14H22N4. The van der Waals surface area contributed by atoms with E-state index in [2.05, 4.69) is 28.5 Å². The van der Waals surface area contributed by atoms with E-state index < -0.39 is 0 Å². The van der Waals surface area contributed by atoms with Crippen LogP contribution in [0.1, 0.15) is 26.7 Å². The molecule has 0 aliphatic rings. The van der Waals surface area contributed by atoms with Crippen molar-refractivity contribution in [3.05, 3.63) is 37.2 Å². The molecule has 0 aromatic carbocycles. The van der Waals surface area contributed by atoms with Crippen molar-refractivity contribution in [1.29, 1.82) is 0 Å². The van der Waals surface area contributed by atoms with Gasteiger partial charge in [0.15, 0.2) is 0 Å². The summed E-state index contributed by atoms with van der Waals surface area (Å²) in [5.41, 5.74) is 0. The molecule has 2 aromatic rings. The Labute approximate surface area is 109 Å². The van der Waals surface area contributed by atoms with Crippen molar-refractivity contribution in [3.63, 3.8) is 0 Å². The summed E-state index contributed by atoms with van der Waals surface area (Å²) < 4.78 is 4.20. The molecule has 2 unspecified atom stereocenters. The number of rotatable bonds is 7. The molecule has 0 amide bonds. The first kappa shape index (κ1) is 12.9. The van der Waals surface area contributed by atoms with Crippen LogP contribution in [0.3, 0.4) is 0 Å². The van der Waals surface area contributed by atoms with E-state index in [0.29, 0.717) is 11.8 Å². The number of aromatic nitrogens is 4. The molecule has 0 aliphatic heterocycles. The lowest BCUT2D eigenvalue weighted by Gasteiger charge is -2.24. The number of hydrogen-bond donors (Lipinski definition) is 0. The molecule has 2 atom stereocenters. The molecule has 98 valence electrons. The Morgan fingerprint density at radius 3 is 2.67 bits per heavy atom. The Balaban J connectivity index is 2.02. The average Bonchev–Trinajstić information content (AvgIpc) is 3.01. The maximum Gasteiger partial charge on any atom is 0.0946 e. The van der Waals surface area contributed by atoms with Gasteiger partial charge in [0.1, 0.15) is 0 Å². The second kappa shape index (κ2) is 6.38. The van der Waals surface area contributed by atoms with Gasteiger partial charge >= 0.3 is 0 Å². The third kappa shape index (κ3) is 3.45. The first-order chi connectivity index (χ1) is 8.79. The van der Waals surface area contributed by atoms with Crippen LogP contribution in [0.5, 0.6) is 0 Å². The molecule has 0 N–H and O–H groups in total. The lowest BCUT2D eigenvalue weighted by atomic mass is 9.90. The molecule has 4 heteroatoms. The first-order valence-corrected chi connectivity index (χ1v) is 6.72. The quantitative estimate of drug-likeness (QED) is 0.753. The smallest absolute Gasteiger partial charge is 0.0946 e. The highest BCUT2D eigenvalue weighted by molar-refractivity contribution is 4.81. The van der Waals surface area contributed by atoms with E-state index in [4.69, 9.17) is 0 Å². The van der Waals surface area contributed by atoms with Gasteiger partial charge in [-0.3, -0.25) is 4.68 Å². The standard InChI is InChI=1S/C14H22N4/c1-3-5-13(2)14(10-17-9-7-15-12-17)11-18-8-4-6-16-18/h4,6-9,12-14H,3,5,10-11H2,1-2H3. The minimum absolute atomic E-state index is 0.596. The molecule has 0 radical (unpaired) electrons. The normalized spacial score (nSPS) is 14.6. The molecule has 0 bridgehead atoms. The summed E-state index contributed by atoms with van der Waals surface area (Å²) in [4.78, 5) is 4.12. The Morgan fingerprint density at radius 1 is 1.17 bits per heavy atom. The second-order valence-electron chi connectivity index (χ2n) is 5.01. The van der Waals surface area contributed by atoms with E-state index in [1.165, 1.54) is 12.8 Å². The van der Waals surface area contributed by atoms with Gasteiger partial charge in [0.25, 0.3) is 0 Å². The van der Waals surface area contributed by atoms with E-state index in [1.54, 1.807) is 0 Å². The van der Waals surface area contributed by atoms with Crippen molar-refractivity contribution in [2.24, 2.45) is 11.8 Å². The van der Waals surface area contributed by atoms with Crippen LogP contribution in [0.15, 0.2) is 37.2 Å². The van der Waals surface area contributed by atoms with E-state index in [9.17, 15) is 0 Å². The highest BCUT2D eigenvalue weighted by Gasteiger charge is 2.18. The highest BCUT2D eigenvalue weighted by atomic mass is 15.3. The number of nitrogens with zero attached hydrogens (tertiary/aromatic N) is 4. The first-order valence-electron chi connectivity index (χ1n) is 6.72. The predicted molar refractivity (Wildman–Crippen MR) is 72.0 cm³/mol. The van der Waals surface area contributed by atoms with E-state index >= 15 is 0 Å². The zero-order valence-corrected chi connectivity index (χ0v) is 11.2. The summed E-state index contributed by atoms with van der Waals surface area (Å²) in [6.07, 6.45) is 12.2. The molecule has 2 heterocycles. The fourth-order valence-electron chi connectivity index (χ4n) is 2.42. The third-order valence-corrected chi connectivity index (χ3v) is 3.53. The minimum Gasteiger partial charge on any atom is -0.337 e. The molecule has 18 heavy (non-hydrogen) atoms. The van der Waals surface area contributed by atoms with Crippen LogP contribution in [0.25, 0.3) is 0 Å². The van der Waals surface area contributed by atoms with Gasteiger partial charge in [-0.25, -0.2) is 4.98 Å². The van der Waals surface area contributed by atoms with Crippen molar-refractivity contribution in [3.8, 4) is 0 Å². The van der Waals surface area contributed by atoms with Gasteiger partial charge in [0.05, 0.1) is 6.33 Å². The Hall–Kier alpha value is -1.58. The summed E-state index contributed by atoms with van der Waals surface area (Å²) in [6, 6.07) is 1.98. The summed E-state index contributed by atoms with van der Waals surface area (Å²) >= 11 is 0. The van der Waals surface area contributed by atoms with Crippen LogP contribution in [0.4, 0.5) is 0 Å². The lowest BCUT2D eigenvalue weighted by molar-refractivity contribution is 0.253. The SMILES string of the molecule is CCCC(C)C(Cn1ccnc1)Cn1cccn1. The largest absolute Gasteiger partial charge is 0.337 e. The molecule has 0 saturated carbocycles. The van der Waals surface area contributed by atoms with Crippen molar-refractivity contribution in [2.75, 3.05) is 0 Å². The summed E-state index contributed by atoms with van der Waals surface area (Å²) in [7, 11) is 0. The van der Waals surface area contributed by atoms with E-state index in [1.807, 2.05) is 41.9 Å². The molecule has 4 nitrogen and oxygen atoms in total. The van der Waals surface area contributed by atoms with Crippen LogP contribution >= 0.6 is 0 Å². The van der Waals surface area contributed by atoms with Crippen molar-refractivity contribution in [1.82, 2.24) is 19.3 Å². The molecular weight excluding hydrogens is 224 g/mol. The van der Waals surface area contributed by atoms with Gasteiger partial charge in [-0.1, -0.05) is 26.7 Å². The highest BCUT2D eigenvalue weighted by Crippen LogP contribution is 2.21. The minimum atomic E-state index is 0.596. The summed E-state index contributed by atoms with van der Waals surface area (Å²) in [6.45, 7) is 6.58. The van der Waals surface area contributed by atoms with Crippen LogP contribution in [-0.4, -0.2) is 19.3 Å². The van der Waals surface area contributed by atoms with Gasteiger partial charge in [0.2, 0.25) is 0 Å². The zero-order valence-electron chi connectivity index (χ0n) is 11.2. The maximum absolute atomic E-state index is 4.32. The monoisotopic (exact) mass is 246 g/mol. The lowest BCUT2D eigenvalue weighted by Crippen LogP contribution is -2.23. The van der Waals surface area contributed by atoms with Gasteiger partial charge in [-0.2, -0.15) is 5.10 Å². The fourth-order valence-corrected chi connectivity index (χ4v) is 2.42. The predicted octanol–water partition coefficient (Wildman–Crippen LogP) is 2.83. The van der Waals surface area contributed by atoms with E-state index in [0.717, 1.165) is 13.1 Å². The summed E-state index contributed by atoms with van der Waals surface area (Å²) in [5.74, 6) is 1.29. The van der Waals surface area contributed by atoms with Crippen LogP contribution in [0.2, 0.25) is 0 Å². The van der Waals surface area contributed by atoms with Crippen LogP contribution in [0, 0.1) is 11.8 Å². The molecule has 2 rings (SSSR count). The third-order valence-electron chi connectivity index (χ3n) is 3.53. The van der Waals surface area contributed by atoms with Gasteiger partial charge in [0, 0.05) is 37.9 Å². The zero-order chi connectivity index (χ0) is 12.8. The summed E-state index contributed by atoms with van der Waals surface area (Å²) in [5, 5.41) is 4.32. The molecule has 0 fully saturated rings. The van der Waals surface area contributed by atoms with Crippen molar-refractivity contribution in [2.45, 2.75) is 39.8 Å². The second-order valence-corrected chi connectivity index (χ2v) is 5.01. The topological polar surface area (TPSA) is 35.6 Å². The van der Waals surface area contributed by atoms with Gasteiger partial charge < -0.3 is 4.57 Å². The fraction of sp³-hybridized carbons (Fsp3) is 0.571. The Kier molecular flexibility index (Phi) is 4.56. The van der Waals surface area contributed by atoms with Crippen molar-refractivity contribution >= 4 is 0 Å². The molecule has 0 spiro atoms. The van der Waals surface area contributed by atoms with Crippen molar-refractivity contribution < 1.29 is 0 Å².